The summed E-state index contributed by atoms with van der Waals surface area (Å²) in [6.45, 7) is -0.798. The van der Waals surface area contributed by atoms with E-state index in [2.05, 4.69) is 20.3 Å². The molecule has 0 bridgehead atoms. The van der Waals surface area contributed by atoms with Crippen LogP contribution >= 0.6 is 0 Å². The SMILES string of the molecule is COc1ccc(C(Nc2nc3c(ncn3[C@@H]3O[C@@](CO)(OC)[C@@H](O)[C@H]3F)c(=O)[nH]2)(c2ccccc2)c2ccccc2)cc1. The fraction of sp³-hybridized carbons (Fsp3) is 0.258. The first-order valence-electron chi connectivity index (χ1n) is 13.5. The van der Waals surface area contributed by atoms with Crippen molar-refractivity contribution in [3.05, 3.63) is 118 Å². The van der Waals surface area contributed by atoms with Gasteiger partial charge in [-0.05, 0) is 28.8 Å². The number of nitrogens with zero attached hydrogens (tertiary/aromatic N) is 3. The summed E-state index contributed by atoms with van der Waals surface area (Å²) >= 11 is 0. The van der Waals surface area contributed by atoms with Crippen LogP contribution in [-0.4, -0.2) is 68.6 Å². The van der Waals surface area contributed by atoms with Crippen LogP contribution in [-0.2, 0) is 15.0 Å². The number of aromatic amines is 1. The van der Waals surface area contributed by atoms with Gasteiger partial charge in [-0.1, -0.05) is 72.8 Å². The lowest BCUT2D eigenvalue weighted by Crippen LogP contribution is -2.47. The smallest absolute Gasteiger partial charge is 0.280 e. The highest BCUT2D eigenvalue weighted by Gasteiger charge is 2.57. The van der Waals surface area contributed by atoms with Crippen molar-refractivity contribution >= 4 is 17.1 Å². The maximum Gasteiger partial charge on any atom is 0.280 e. The maximum atomic E-state index is 15.4. The van der Waals surface area contributed by atoms with Crippen LogP contribution in [0.25, 0.3) is 11.2 Å². The molecule has 6 rings (SSSR count). The summed E-state index contributed by atoms with van der Waals surface area (Å²) in [5.41, 5.74) is 0.813. The molecule has 3 aromatic carbocycles. The molecular weight excluding hydrogens is 557 g/mol. The lowest BCUT2D eigenvalue weighted by Gasteiger charge is -2.37. The quantitative estimate of drug-likeness (QED) is 0.191. The summed E-state index contributed by atoms with van der Waals surface area (Å²) in [5.74, 6) is -1.25. The minimum Gasteiger partial charge on any atom is -0.497 e. The number of aliphatic hydroxyl groups is 2. The molecule has 0 amide bonds. The predicted octanol–water partition coefficient (Wildman–Crippen LogP) is 3.10. The maximum absolute atomic E-state index is 15.4. The number of hydrogen-bond donors (Lipinski definition) is 4. The van der Waals surface area contributed by atoms with Gasteiger partial charge in [0.25, 0.3) is 5.56 Å². The molecule has 1 saturated heterocycles. The highest BCUT2D eigenvalue weighted by atomic mass is 19.1. The number of rotatable bonds is 9. The third-order valence-electron chi connectivity index (χ3n) is 7.86. The van der Waals surface area contributed by atoms with E-state index in [1.54, 1.807) is 7.11 Å². The number of ether oxygens (including phenoxy) is 3. The Balaban J connectivity index is 1.53. The van der Waals surface area contributed by atoms with E-state index in [1.807, 2.05) is 84.9 Å². The molecule has 4 atom stereocenters. The number of methoxy groups -OCH3 is 2. The zero-order chi connectivity index (χ0) is 30.2. The summed E-state index contributed by atoms with van der Waals surface area (Å²) in [5, 5.41) is 23.8. The van der Waals surface area contributed by atoms with Gasteiger partial charge in [0, 0.05) is 7.11 Å². The van der Waals surface area contributed by atoms with Gasteiger partial charge < -0.3 is 29.7 Å². The van der Waals surface area contributed by atoms with E-state index in [4.69, 9.17) is 14.2 Å². The van der Waals surface area contributed by atoms with Gasteiger partial charge in [-0.3, -0.25) is 14.3 Å². The second kappa shape index (κ2) is 11.2. The molecule has 2 aromatic heterocycles. The standard InChI is InChI=1S/C31H30FN5O6/c1-41-22-15-13-21(14-16-22)31(19-9-5-3-6-10-19,20-11-7-4-8-12-20)36-29-34-26-24(27(40)35-29)33-18-37(26)28-23(32)25(39)30(17-38,42-2)43-28/h3-16,18,23,25,28,38-39H,17H2,1-2H3,(H2,34,35,36,40)/t23-,25+,28-,30-/m1/s1. The summed E-state index contributed by atoms with van der Waals surface area (Å²) in [6.07, 6.45) is -4.10. The van der Waals surface area contributed by atoms with Crippen molar-refractivity contribution in [2.45, 2.75) is 29.8 Å². The van der Waals surface area contributed by atoms with Gasteiger partial charge in [-0.15, -0.1) is 0 Å². The van der Waals surface area contributed by atoms with Gasteiger partial charge in [-0.25, -0.2) is 9.37 Å². The predicted molar refractivity (Wildman–Crippen MR) is 155 cm³/mol. The van der Waals surface area contributed by atoms with Gasteiger partial charge in [0.1, 0.15) is 24.0 Å². The average molecular weight is 588 g/mol. The van der Waals surface area contributed by atoms with Gasteiger partial charge in [0.05, 0.1) is 13.4 Å². The van der Waals surface area contributed by atoms with E-state index in [-0.39, 0.29) is 17.1 Å². The van der Waals surface area contributed by atoms with Crippen LogP contribution < -0.4 is 15.6 Å². The number of aliphatic hydroxyl groups excluding tert-OH is 2. The third kappa shape index (κ3) is 4.64. The lowest BCUT2D eigenvalue weighted by atomic mass is 9.77. The summed E-state index contributed by atoms with van der Waals surface area (Å²) in [4.78, 5) is 24.9. The topological polar surface area (TPSA) is 144 Å². The van der Waals surface area contributed by atoms with Crippen LogP contribution in [0.1, 0.15) is 22.9 Å². The number of fused-ring (bicyclic) bond motifs is 1. The summed E-state index contributed by atoms with van der Waals surface area (Å²) in [7, 11) is 2.78. The number of nitrogens with one attached hydrogen (secondary N) is 2. The zero-order valence-electron chi connectivity index (χ0n) is 23.3. The van der Waals surface area contributed by atoms with Gasteiger partial charge >= 0.3 is 0 Å². The Labute approximate surface area is 245 Å². The average Bonchev–Trinajstić information content (AvgIpc) is 3.59. The third-order valence-corrected chi connectivity index (χ3v) is 7.86. The molecule has 12 heteroatoms. The molecule has 0 unspecified atom stereocenters. The second-order valence-electron chi connectivity index (χ2n) is 10.1. The number of benzene rings is 3. The van der Waals surface area contributed by atoms with Crippen molar-refractivity contribution in [3.63, 3.8) is 0 Å². The van der Waals surface area contributed by atoms with Crippen molar-refractivity contribution in [1.82, 2.24) is 19.5 Å². The minimum absolute atomic E-state index is 0.000645. The van der Waals surface area contributed by atoms with E-state index in [1.165, 1.54) is 18.0 Å². The monoisotopic (exact) mass is 587 g/mol. The second-order valence-corrected chi connectivity index (χ2v) is 10.1. The Morgan fingerprint density at radius 3 is 2.16 bits per heavy atom. The fourth-order valence-corrected chi connectivity index (χ4v) is 5.60. The lowest BCUT2D eigenvalue weighted by molar-refractivity contribution is -0.269. The Hall–Kier alpha value is -4.62. The van der Waals surface area contributed by atoms with E-state index >= 15 is 4.39 Å². The van der Waals surface area contributed by atoms with Crippen molar-refractivity contribution in [2.75, 3.05) is 26.1 Å². The molecule has 222 valence electrons. The molecule has 0 radical (unpaired) electrons. The van der Waals surface area contributed by atoms with Crippen LogP contribution in [0.15, 0.2) is 96.1 Å². The molecule has 5 aromatic rings. The van der Waals surface area contributed by atoms with Gasteiger partial charge in [0.2, 0.25) is 11.7 Å². The normalized spacial score (nSPS) is 22.1. The van der Waals surface area contributed by atoms with Crippen LogP contribution in [0.2, 0.25) is 0 Å². The van der Waals surface area contributed by atoms with E-state index in [0.29, 0.717) is 5.75 Å². The number of anilines is 1. The summed E-state index contributed by atoms with van der Waals surface area (Å²) in [6, 6.07) is 26.9. The van der Waals surface area contributed by atoms with Crippen molar-refractivity contribution in [3.8, 4) is 5.75 Å². The molecule has 1 aliphatic heterocycles. The highest BCUT2D eigenvalue weighted by molar-refractivity contribution is 5.71. The first kappa shape index (κ1) is 28.5. The van der Waals surface area contributed by atoms with Crippen molar-refractivity contribution < 1.29 is 28.8 Å². The zero-order valence-corrected chi connectivity index (χ0v) is 23.3. The first-order valence-corrected chi connectivity index (χ1v) is 13.5. The molecule has 0 saturated carbocycles. The molecule has 1 aliphatic rings. The van der Waals surface area contributed by atoms with E-state index < -0.39 is 42.0 Å². The molecule has 11 nitrogen and oxygen atoms in total. The van der Waals surface area contributed by atoms with Gasteiger partial charge in [0.15, 0.2) is 23.6 Å². The first-order chi connectivity index (χ1) is 20.9. The molecule has 0 aliphatic carbocycles. The minimum atomic E-state index is -2.02. The van der Waals surface area contributed by atoms with Crippen LogP contribution in [0.5, 0.6) is 5.75 Å². The van der Waals surface area contributed by atoms with Crippen LogP contribution in [0.4, 0.5) is 10.3 Å². The number of imidazole rings is 1. The van der Waals surface area contributed by atoms with Crippen molar-refractivity contribution in [2.24, 2.45) is 0 Å². The van der Waals surface area contributed by atoms with E-state index in [0.717, 1.165) is 16.7 Å². The largest absolute Gasteiger partial charge is 0.497 e. The molecule has 4 N–H and O–H groups in total. The number of aromatic nitrogens is 4. The summed E-state index contributed by atoms with van der Waals surface area (Å²) < 4.78 is 32.8. The van der Waals surface area contributed by atoms with Crippen LogP contribution in [0.3, 0.4) is 0 Å². The Kier molecular flexibility index (Phi) is 7.44. The Morgan fingerprint density at radius 1 is 1.02 bits per heavy atom. The van der Waals surface area contributed by atoms with E-state index in [9.17, 15) is 15.0 Å². The molecule has 0 spiro atoms. The Bertz CT molecular complexity index is 1720. The number of hydrogen-bond acceptors (Lipinski definition) is 9. The molecular formula is C31H30FN5O6. The van der Waals surface area contributed by atoms with Crippen LogP contribution in [0, 0.1) is 0 Å². The number of H-pyrrole nitrogens is 1. The fourth-order valence-electron chi connectivity index (χ4n) is 5.60. The molecule has 3 heterocycles. The van der Waals surface area contributed by atoms with Gasteiger partial charge in [-0.2, -0.15) is 4.98 Å². The number of halogens is 1. The molecule has 43 heavy (non-hydrogen) atoms. The highest BCUT2D eigenvalue weighted by Crippen LogP contribution is 2.42. The Morgan fingerprint density at radius 2 is 1.63 bits per heavy atom. The number of alkyl halides is 1. The van der Waals surface area contributed by atoms with Crippen molar-refractivity contribution in [1.29, 1.82) is 0 Å². The molecule has 1 fully saturated rings.